The molecule has 6 heteroatoms. The number of hydrogen-bond donors (Lipinski definition) is 2. The Hall–Kier alpha value is -2.11. The van der Waals surface area contributed by atoms with E-state index in [4.69, 9.17) is 0 Å². The quantitative estimate of drug-likeness (QED) is 0.868. The molecule has 132 valence electrons. The monoisotopic (exact) mass is 335 g/mol. The van der Waals surface area contributed by atoms with Crippen molar-refractivity contribution in [3.05, 3.63) is 35.6 Å². The Bertz CT molecular complexity index is 573. The van der Waals surface area contributed by atoms with Gasteiger partial charge < -0.3 is 15.5 Å². The molecule has 0 unspecified atom stereocenters. The van der Waals surface area contributed by atoms with Gasteiger partial charge in [-0.25, -0.2) is 9.18 Å². The summed E-state index contributed by atoms with van der Waals surface area (Å²) in [6.45, 7) is 5.02. The number of nitrogens with zero attached hydrogens (tertiary/aromatic N) is 1. The van der Waals surface area contributed by atoms with Crippen LogP contribution in [0.5, 0.6) is 0 Å². The molecule has 0 bridgehead atoms. The van der Waals surface area contributed by atoms with E-state index in [1.165, 1.54) is 6.07 Å². The van der Waals surface area contributed by atoms with Gasteiger partial charge in [0.2, 0.25) is 5.91 Å². The van der Waals surface area contributed by atoms with Gasteiger partial charge in [-0.05, 0) is 51.2 Å². The topological polar surface area (TPSA) is 61.4 Å². The van der Waals surface area contributed by atoms with Crippen molar-refractivity contribution in [2.24, 2.45) is 0 Å². The predicted octanol–water partition coefficient (Wildman–Crippen LogP) is 2.46. The van der Waals surface area contributed by atoms with Crippen molar-refractivity contribution in [2.45, 2.75) is 51.6 Å². The van der Waals surface area contributed by atoms with E-state index in [1.54, 1.807) is 30.0 Å². The van der Waals surface area contributed by atoms with Gasteiger partial charge in [-0.3, -0.25) is 4.79 Å². The molecule has 2 atom stereocenters. The first-order valence-corrected chi connectivity index (χ1v) is 8.56. The second-order valence-corrected chi connectivity index (χ2v) is 6.42. The van der Waals surface area contributed by atoms with Gasteiger partial charge >= 0.3 is 6.03 Å². The first kappa shape index (κ1) is 18.2. The molecule has 0 aromatic heterocycles. The van der Waals surface area contributed by atoms with Crippen molar-refractivity contribution in [3.63, 3.8) is 0 Å². The van der Waals surface area contributed by atoms with Crippen LogP contribution in [0, 0.1) is 5.82 Å². The highest BCUT2D eigenvalue weighted by Gasteiger charge is 2.23. The molecule has 1 aromatic carbocycles. The fourth-order valence-electron chi connectivity index (χ4n) is 2.96. The zero-order valence-corrected chi connectivity index (χ0v) is 14.3. The number of rotatable bonds is 5. The minimum atomic E-state index is -0.566. The molecule has 1 fully saturated rings. The van der Waals surface area contributed by atoms with Crippen LogP contribution in [0.1, 0.15) is 38.7 Å². The third-order valence-electron chi connectivity index (χ3n) is 4.25. The summed E-state index contributed by atoms with van der Waals surface area (Å²) in [6.07, 6.45) is 3.59. The molecule has 0 aliphatic carbocycles. The van der Waals surface area contributed by atoms with Crippen molar-refractivity contribution in [1.29, 1.82) is 0 Å². The number of carbonyl (C=O) groups excluding carboxylic acids is 2. The van der Waals surface area contributed by atoms with E-state index < -0.39 is 12.1 Å². The third kappa shape index (κ3) is 5.22. The molecule has 0 radical (unpaired) electrons. The van der Waals surface area contributed by atoms with Crippen molar-refractivity contribution in [3.8, 4) is 0 Å². The minimum Gasteiger partial charge on any atom is -0.341 e. The van der Waals surface area contributed by atoms with Crippen LogP contribution in [0.15, 0.2) is 24.3 Å². The van der Waals surface area contributed by atoms with E-state index in [1.807, 2.05) is 6.92 Å². The van der Waals surface area contributed by atoms with Gasteiger partial charge in [-0.1, -0.05) is 18.2 Å². The highest BCUT2D eigenvalue weighted by Crippen LogP contribution is 2.10. The van der Waals surface area contributed by atoms with Crippen LogP contribution in [-0.2, 0) is 11.2 Å². The number of piperidine rings is 1. The molecule has 2 rings (SSSR count). The van der Waals surface area contributed by atoms with Crippen molar-refractivity contribution in [2.75, 3.05) is 13.1 Å². The number of halogens is 1. The molecule has 1 aliphatic rings. The number of urea groups is 1. The van der Waals surface area contributed by atoms with E-state index in [9.17, 15) is 14.0 Å². The van der Waals surface area contributed by atoms with Crippen LogP contribution in [-0.4, -0.2) is 42.0 Å². The van der Waals surface area contributed by atoms with Gasteiger partial charge in [0.15, 0.2) is 0 Å². The summed E-state index contributed by atoms with van der Waals surface area (Å²) in [4.78, 5) is 26.1. The number of carbonyl (C=O) groups is 2. The van der Waals surface area contributed by atoms with Gasteiger partial charge in [0, 0.05) is 19.1 Å². The predicted molar refractivity (Wildman–Crippen MR) is 91.1 cm³/mol. The zero-order chi connectivity index (χ0) is 17.5. The Morgan fingerprint density at radius 3 is 2.46 bits per heavy atom. The summed E-state index contributed by atoms with van der Waals surface area (Å²) in [6, 6.07) is 5.30. The zero-order valence-electron chi connectivity index (χ0n) is 14.3. The Labute approximate surface area is 142 Å². The third-order valence-corrected chi connectivity index (χ3v) is 4.25. The van der Waals surface area contributed by atoms with Gasteiger partial charge in [-0.2, -0.15) is 0 Å². The lowest BCUT2D eigenvalue weighted by molar-refractivity contribution is -0.133. The molecule has 1 aromatic rings. The minimum absolute atomic E-state index is 0.0494. The highest BCUT2D eigenvalue weighted by molar-refractivity contribution is 5.86. The normalized spacial score (nSPS) is 17.0. The van der Waals surface area contributed by atoms with Crippen molar-refractivity contribution >= 4 is 11.9 Å². The Morgan fingerprint density at radius 1 is 1.12 bits per heavy atom. The molecule has 2 N–H and O–H groups in total. The van der Waals surface area contributed by atoms with E-state index in [0.717, 1.165) is 32.4 Å². The van der Waals surface area contributed by atoms with Gasteiger partial charge in [-0.15, -0.1) is 0 Å². The van der Waals surface area contributed by atoms with Crippen LogP contribution in [0.2, 0.25) is 0 Å². The molecule has 24 heavy (non-hydrogen) atoms. The smallest absolute Gasteiger partial charge is 0.315 e. The molecular formula is C18H26FN3O2. The van der Waals surface area contributed by atoms with E-state index in [2.05, 4.69) is 10.6 Å². The van der Waals surface area contributed by atoms with Gasteiger partial charge in [0.1, 0.15) is 11.9 Å². The summed E-state index contributed by atoms with van der Waals surface area (Å²) in [5.74, 6) is -0.327. The van der Waals surface area contributed by atoms with Crippen LogP contribution in [0.25, 0.3) is 0 Å². The average Bonchev–Trinajstić information content (AvgIpc) is 2.56. The van der Waals surface area contributed by atoms with Crippen LogP contribution < -0.4 is 10.6 Å². The number of hydrogen-bond acceptors (Lipinski definition) is 2. The first-order chi connectivity index (χ1) is 11.5. The maximum Gasteiger partial charge on any atom is 0.315 e. The largest absolute Gasteiger partial charge is 0.341 e. The Balaban J connectivity index is 1.79. The lowest BCUT2D eigenvalue weighted by Gasteiger charge is -2.29. The van der Waals surface area contributed by atoms with Crippen molar-refractivity contribution < 1.29 is 14.0 Å². The van der Waals surface area contributed by atoms with Crippen LogP contribution in [0.3, 0.4) is 0 Å². The van der Waals surface area contributed by atoms with Gasteiger partial charge in [0.05, 0.1) is 0 Å². The van der Waals surface area contributed by atoms with E-state index in [0.29, 0.717) is 12.0 Å². The summed E-state index contributed by atoms with van der Waals surface area (Å²) >= 11 is 0. The summed E-state index contributed by atoms with van der Waals surface area (Å²) in [5.41, 5.74) is 0.558. The van der Waals surface area contributed by atoms with Crippen LogP contribution >= 0.6 is 0 Å². The van der Waals surface area contributed by atoms with Crippen molar-refractivity contribution in [1.82, 2.24) is 15.5 Å². The first-order valence-electron chi connectivity index (χ1n) is 8.56. The summed E-state index contributed by atoms with van der Waals surface area (Å²) in [7, 11) is 0. The van der Waals surface area contributed by atoms with Gasteiger partial charge in [0.25, 0.3) is 0 Å². The molecule has 1 saturated heterocycles. The SMILES string of the molecule is C[C@H](Cc1ccccc1F)NC(=O)N[C@H](C)C(=O)N1CCCCC1. The standard InChI is InChI=1S/C18H26FN3O2/c1-13(12-15-8-4-5-9-16(15)19)20-18(24)21-14(2)17(23)22-10-6-3-7-11-22/h4-5,8-9,13-14H,3,6-7,10-12H2,1-2H3,(H2,20,21,24)/t13-,14-/m1/s1. The number of amides is 3. The second kappa shape index (κ2) is 8.66. The number of likely N-dealkylation sites (tertiary alicyclic amines) is 1. The molecule has 0 spiro atoms. The summed E-state index contributed by atoms with van der Waals surface area (Å²) < 4.78 is 13.6. The fraction of sp³-hybridized carbons (Fsp3) is 0.556. The molecule has 1 heterocycles. The Morgan fingerprint density at radius 2 is 1.79 bits per heavy atom. The molecule has 3 amide bonds. The average molecular weight is 335 g/mol. The highest BCUT2D eigenvalue weighted by atomic mass is 19.1. The van der Waals surface area contributed by atoms with Crippen LogP contribution in [0.4, 0.5) is 9.18 Å². The van der Waals surface area contributed by atoms with E-state index in [-0.39, 0.29) is 17.8 Å². The molecule has 5 nitrogen and oxygen atoms in total. The number of nitrogens with one attached hydrogen (secondary N) is 2. The number of benzene rings is 1. The molecule has 1 aliphatic heterocycles. The second-order valence-electron chi connectivity index (χ2n) is 6.42. The fourth-order valence-corrected chi connectivity index (χ4v) is 2.96. The molecule has 0 saturated carbocycles. The maximum atomic E-state index is 13.6. The maximum absolute atomic E-state index is 13.6. The lowest BCUT2D eigenvalue weighted by Crippen LogP contribution is -2.52. The Kier molecular flexibility index (Phi) is 6.58. The van der Waals surface area contributed by atoms with E-state index >= 15 is 0 Å². The summed E-state index contributed by atoms with van der Waals surface area (Å²) in [5, 5.41) is 5.43. The molecular weight excluding hydrogens is 309 g/mol. The lowest BCUT2D eigenvalue weighted by atomic mass is 10.1.